The third-order valence-corrected chi connectivity index (χ3v) is 4.45. The monoisotopic (exact) mass is 262 g/mol. The van der Waals surface area contributed by atoms with E-state index >= 15 is 0 Å². The van der Waals surface area contributed by atoms with Gasteiger partial charge in [0.05, 0.1) is 11.2 Å². The molecule has 0 aliphatic carbocycles. The molecule has 100 valence electrons. The molecule has 1 unspecified atom stereocenters. The molecule has 0 radical (unpaired) electrons. The van der Waals surface area contributed by atoms with Gasteiger partial charge in [0.2, 0.25) is 5.91 Å². The highest BCUT2D eigenvalue weighted by Gasteiger charge is 2.43. The molecule has 6 heteroatoms. The normalized spacial score (nSPS) is 25.2. The van der Waals surface area contributed by atoms with Crippen LogP contribution in [0.1, 0.15) is 20.3 Å². The van der Waals surface area contributed by atoms with E-state index in [0.717, 1.165) is 13.0 Å². The second kappa shape index (κ2) is 5.35. The fourth-order valence-electron chi connectivity index (χ4n) is 2.19. The molecule has 0 aromatic heterocycles. The van der Waals surface area contributed by atoms with Crippen LogP contribution in [-0.2, 0) is 14.6 Å². The Labute approximate surface area is 103 Å². The zero-order valence-electron chi connectivity index (χ0n) is 10.7. The molecular formula is C11H22N2O3S. The van der Waals surface area contributed by atoms with E-state index in [4.69, 9.17) is 0 Å². The molecule has 5 nitrogen and oxygen atoms in total. The minimum Gasteiger partial charge on any atom is -0.355 e. The van der Waals surface area contributed by atoms with Gasteiger partial charge in [-0.25, -0.2) is 8.42 Å². The third kappa shape index (κ3) is 3.67. The number of amides is 1. The largest absolute Gasteiger partial charge is 0.355 e. The van der Waals surface area contributed by atoms with Crippen molar-refractivity contribution in [2.24, 2.45) is 11.3 Å². The van der Waals surface area contributed by atoms with Gasteiger partial charge in [-0.15, -0.1) is 0 Å². The zero-order chi connectivity index (χ0) is 13.1. The minimum atomic E-state index is -3.01. The molecule has 1 atom stereocenters. The molecule has 1 rings (SSSR count). The lowest BCUT2D eigenvalue weighted by Crippen LogP contribution is -2.47. The van der Waals surface area contributed by atoms with E-state index in [0.29, 0.717) is 6.54 Å². The van der Waals surface area contributed by atoms with Crippen LogP contribution in [-0.4, -0.2) is 46.0 Å². The maximum absolute atomic E-state index is 12.1. The van der Waals surface area contributed by atoms with Gasteiger partial charge in [0.25, 0.3) is 0 Å². The van der Waals surface area contributed by atoms with Crippen molar-refractivity contribution in [2.45, 2.75) is 20.3 Å². The van der Waals surface area contributed by atoms with E-state index in [9.17, 15) is 13.2 Å². The highest BCUT2D eigenvalue weighted by Crippen LogP contribution is 2.34. The number of nitrogens with one attached hydrogen (secondary N) is 2. The van der Waals surface area contributed by atoms with Gasteiger partial charge in [-0.3, -0.25) is 4.79 Å². The minimum absolute atomic E-state index is 0.000341. The second-order valence-electron chi connectivity index (χ2n) is 5.12. The van der Waals surface area contributed by atoms with Gasteiger partial charge in [-0.05, 0) is 18.9 Å². The molecule has 1 amide bonds. The first-order chi connectivity index (χ1) is 7.78. The van der Waals surface area contributed by atoms with Crippen molar-refractivity contribution in [3.8, 4) is 0 Å². The number of carbonyl (C=O) groups is 1. The Bertz CT molecular complexity index is 370. The Balaban J connectivity index is 2.56. The fourth-order valence-corrected chi connectivity index (χ4v) is 2.66. The quantitative estimate of drug-likeness (QED) is 0.718. The second-order valence-corrected chi connectivity index (χ2v) is 7.38. The van der Waals surface area contributed by atoms with Gasteiger partial charge in [-0.1, -0.05) is 13.8 Å². The predicted octanol–water partition coefficient (Wildman–Crippen LogP) is -0.217. The van der Waals surface area contributed by atoms with Crippen LogP contribution in [0.3, 0.4) is 0 Å². The number of hydrogen-bond donors (Lipinski definition) is 2. The number of rotatable bonds is 5. The van der Waals surface area contributed by atoms with Gasteiger partial charge in [0, 0.05) is 19.3 Å². The van der Waals surface area contributed by atoms with E-state index in [1.54, 1.807) is 0 Å². The molecule has 0 spiro atoms. The molecule has 1 aliphatic rings. The van der Waals surface area contributed by atoms with Crippen molar-refractivity contribution in [3.05, 3.63) is 0 Å². The SMILES string of the molecule is CC(C)C1(C(=O)NCCS(C)(=O)=O)CCNC1. The van der Waals surface area contributed by atoms with Crippen molar-refractivity contribution < 1.29 is 13.2 Å². The molecule has 17 heavy (non-hydrogen) atoms. The molecule has 2 N–H and O–H groups in total. The van der Waals surface area contributed by atoms with Crippen LogP contribution in [0, 0.1) is 11.3 Å². The lowest BCUT2D eigenvalue weighted by atomic mass is 9.75. The van der Waals surface area contributed by atoms with Crippen molar-refractivity contribution in [1.82, 2.24) is 10.6 Å². The van der Waals surface area contributed by atoms with Gasteiger partial charge < -0.3 is 10.6 Å². The first-order valence-corrected chi connectivity index (χ1v) is 8.01. The summed E-state index contributed by atoms with van der Waals surface area (Å²) in [5.41, 5.74) is -0.377. The van der Waals surface area contributed by atoms with E-state index < -0.39 is 9.84 Å². The summed E-state index contributed by atoms with van der Waals surface area (Å²) >= 11 is 0. The Kier molecular flexibility index (Phi) is 4.55. The summed E-state index contributed by atoms with van der Waals surface area (Å²) in [4.78, 5) is 12.1. The molecule has 1 fully saturated rings. The standard InChI is InChI=1S/C11H22N2O3S/c1-9(2)11(4-5-12-8-11)10(14)13-6-7-17(3,15)16/h9,12H,4-8H2,1-3H3,(H,13,14). The third-order valence-electron chi connectivity index (χ3n) is 3.50. The van der Waals surface area contributed by atoms with E-state index in [2.05, 4.69) is 10.6 Å². The number of carbonyl (C=O) groups excluding carboxylic acids is 1. The van der Waals surface area contributed by atoms with Crippen molar-refractivity contribution in [2.75, 3.05) is 31.6 Å². The summed E-state index contributed by atoms with van der Waals surface area (Å²) in [6, 6.07) is 0. The van der Waals surface area contributed by atoms with Crippen molar-refractivity contribution in [1.29, 1.82) is 0 Å². The molecule has 1 saturated heterocycles. The van der Waals surface area contributed by atoms with Crippen LogP contribution in [0.15, 0.2) is 0 Å². The average molecular weight is 262 g/mol. The lowest BCUT2D eigenvalue weighted by molar-refractivity contribution is -0.132. The fraction of sp³-hybridized carbons (Fsp3) is 0.909. The van der Waals surface area contributed by atoms with Crippen LogP contribution in [0.4, 0.5) is 0 Å². The molecule has 1 heterocycles. The van der Waals surface area contributed by atoms with E-state index in [1.165, 1.54) is 6.26 Å². The highest BCUT2D eigenvalue weighted by atomic mass is 32.2. The summed E-state index contributed by atoms with van der Waals surface area (Å²) < 4.78 is 22.0. The van der Waals surface area contributed by atoms with Gasteiger partial charge in [-0.2, -0.15) is 0 Å². The molecule has 1 aliphatic heterocycles. The summed E-state index contributed by atoms with van der Waals surface area (Å²) in [5.74, 6) is 0.220. The Hall–Kier alpha value is -0.620. The van der Waals surface area contributed by atoms with Crippen LogP contribution in [0.5, 0.6) is 0 Å². The zero-order valence-corrected chi connectivity index (χ0v) is 11.6. The van der Waals surface area contributed by atoms with Crippen LogP contribution >= 0.6 is 0 Å². The first-order valence-electron chi connectivity index (χ1n) is 5.95. The summed E-state index contributed by atoms with van der Waals surface area (Å²) in [7, 11) is -3.01. The molecule has 0 aromatic rings. The van der Waals surface area contributed by atoms with Crippen LogP contribution < -0.4 is 10.6 Å². The maximum Gasteiger partial charge on any atom is 0.227 e. The number of sulfone groups is 1. The predicted molar refractivity (Wildman–Crippen MR) is 67.5 cm³/mol. The summed E-state index contributed by atoms with van der Waals surface area (Å²) in [6.07, 6.45) is 1.99. The summed E-state index contributed by atoms with van der Waals surface area (Å²) in [5, 5.41) is 5.95. The maximum atomic E-state index is 12.1. The topological polar surface area (TPSA) is 75.3 Å². The average Bonchev–Trinajstić information content (AvgIpc) is 2.64. The molecule has 0 bridgehead atoms. The molecular weight excluding hydrogens is 240 g/mol. The lowest BCUT2D eigenvalue weighted by Gasteiger charge is -2.31. The highest BCUT2D eigenvalue weighted by molar-refractivity contribution is 7.90. The first kappa shape index (κ1) is 14.4. The van der Waals surface area contributed by atoms with Crippen LogP contribution in [0.25, 0.3) is 0 Å². The van der Waals surface area contributed by atoms with Crippen molar-refractivity contribution >= 4 is 15.7 Å². The Morgan fingerprint density at radius 2 is 2.12 bits per heavy atom. The van der Waals surface area contributed by atoms with Gasteiger partial charge in [0.15, 0.2) is 0 Å². The van der Waals surface area contributed by atoms with E-state index in [1.807, 2.05) is 13.8 Å². The number of hydrogen-bond acceptors (Lipinski definition) is 4. The van der Waals surface area contributed by atoms with Crippen molar-refractivity contribution in [3.63, 3.8) is 0 Å². The summed E-state index contributed by atoms with van der Waals surface area (Å²) in [6.45, 7) is 5.78. The smallest absolute Gasteiger partial charge is 0.227 e. The molecule has 0 aromatic carbocycles. The van der Waals surface area contributed by atoms with Crippen LogP contribution in [0.2, 0.25) is 0 Å². The Morgan fingerprint density at radius 1 is 1.47 bits per heavy atom. The van der Waals surface area contributed by atoms with Gasteiger partial charge >= 0.3 is 0 Å². The molecule has 0 saturated carbocycles. The van der Waals surface area contributed by atoms with Gasteiger partial charge in [0.1, 0.15) is 9.84 Å². The Morgan fingerprint density at radius 3 is 2.53 bits per heavy atom. The van der Waals surface area contributed by atoms with E-state index in [-0.39, 0.29) is 29.5 Å².